The number of phenols is 6. The summed E-state index contributed by atoms with van der Waals surface area (Å²) in [5.41, 5.74) is 13.1. The van der Waals surface area contributed by atoms with Crippen molar-refractivity contribution in [2.45, 2.75) is 6.92 Å². The Morgan fingerprint density at radius 3 is 1.05 bits per heavy atom. The van der Waals surface area contributed by atoms with Crippen LogP contribution in [0.2, 0.25) is 5.02 Å². The standard InChI is InChI=1S/C22H16N2O3.C21H14N2O4.C19H16N2O3.C18H13ClN2O2/c25-20-11-16-7-3-1-5-14(16)9-18(20)13-23-24-22(27)19-10-15-6-2-4-8-17(15)12-21(19)26;24-18-10-13-6-2-1-5-12(13)9-16(18)21(27)23-22-11-17-19(25)14-7-3-4-8-15(14)20(17)26;1-12-5-4-8-15(18(12)23)11-20-21-19(24)16-9-13-6-2-3-7-14(13)10-17(16)22;19-15-7-3-4-12(8-15)11-20-21-18(23)16-9-13-5-1-2-6-14(13)10-17(16)22/h1-13,25-26H,(H,24,27);1-11,17,24H,(H,23,27);2-11,22-23H,1H3,(H,21,24);1-11,22H,(H,21,23)/b23-13+;22-11+;2*20-11+. The van der Waals surface area contributed by atoms with E-state index in [-0.39, 0.29) is 68.3 Å². The third-order valence-electron chi connectivity index (χ3n) is 16.0. The lowest BCUT2D eigenvalue weighted by molar-refractivity contribution is 0.0877. The van der Waals surface area contributed by atoms with Gasteiger partial charge in [-0.25, -0.2) is 21.7 Å². The molecule has 13 aromatic rings. The highest BCUT2D eigenvalue weighted by Crippen LogP contribution is 2.31. The molecule has 0 spiro atoms. The van der Waals surface area contributed by atoms with Crippen LogP contribution in [0.25, 0.3) is 53.9 Å². The molecule has 0 atom stereocenters. The number of benzene rings is 13. The number of hydrazone groups is 4. The summed E-state index contributed by atoms with van der Waals surface area (Å²) in [7, 11) is 0. The van der Waals surface area contributed by atoms with Crippen LogP contribution in [0.3, 0.4) is 0 Å². The van der Waals surface area contributed by atoms with Gasteiger partial charge in [-0.1, -0.05) is 181 Å². The second-order valence-corrected chi connectivity index (χ2v) is 23.2. The molecule has 498 valence electrons. The number of amides is 4. The molecule has 0 fully saturated rings. The Labute approximate surface area is 580 Å². The van der Waals surface area contributed by atoms with E-state index >= 15 is 0 Å². The van der Waals surface area contributed by atoms with Gasteiger partial charge >= 0.3 is 0 Å². The molecule has 0 aromatic heterocycles. The largest absolute Gasteiger partial charge is 0.507 e. The molecule has 10 N–H and O–H groups in total. The lowest BCUT2D eigenvalue weighted by atomic mass is 10.1. The van der Waals surface area contributed by atoms with E-state index in [0.717, 1.165) is 71.2 Å². The average Bonchev–Trinajstić information content (AvgIpc) is 1.74. The van der Waals surface area contributed by atoms with E-state index in [9.17, 15) is 59.4 Å². The van der Waals surface area contributed by atoms with E-state index in [1.165, 1.54) is 24.7 Å². The minimum absolute atomic E-state index is 0.0539. The number of ketones is 2. The van der Waals surface area contributed by atoms with Crippen LogP contribution in [0.1, 0.15) is 84.4 Å². The van der Waals surface area contributed by atoms with Gasteiger partial charge in [-0.3, -0.25) is 28.8 Å². The number of Topliss-reactive ketones (excluding diaryl/α,β-unsaturated/α-hetero) is 2. The summed E-state index contributed by atoms with van der Waals surface area (Å²) in [5, 5.41) is 84.8. The monoisotopic (exact) mass is 1360 g/mol. The number of rotatable bonds is 12. The third-order valence-corrected chi connectivity index (χ3v) is 16.2. The summed E-state index contributed by atoms with van der Waals surface area (Å²) in [6.07, 6.45) is 5.35. The van der Waals surface area contributed by atoms with Crippen molar-refractivity contribution in [2.75, 3.05) is 0 Å². The fourth-order valence-electron chi connectivity index (χ4n) is 10.8. The number of nitrogens with one attached hydrogen (secondary N) is 4. The first kappa shape index (κ1) is 68.5. The van der Waals surface area contributed by atoms with Gasteiger partial charge in [0, 0.05) is 33.5 Å². The lowest BCUT2D eigenvalue weighted by Gasteiger charge is -2.06. The van der Waals surface area contributed by atoms with E-state index in [0.29, 0.717) is 27.3 Å². The van der Waals surface area contributed by atoms with Crippen LogP contribution in [0.4, 0.5) is 0 Å². The van der Waals surface area contributed by atoms with Crippen LogP contribution in [-0.4, -0.2) is 90.7 Å². The van der Waals surface area contributed by atoms with Gasteiger partial charge in [0.05, 0.1) is 40.9 Å². The van der Waals surface area contributed by atoms with Crippen molar-refractivity contribution in [3.63, 3.8) is 0 Å². The highest BCUT2D eigenvalue weighted by Gasteiger charge is 2.37. The van der Waals surface area contributed by atoms with Crippen LogP contribution in [-0.2, 0) is 0 Å². The van der Waals surface area contributed by atoms with E-state index in [1.54, 1.807) is 122 Å². The molecular weight excluding hydrogens is 1300 g/mol. The Kier molecular flexibility index (Phi) is 21.3. The minimum atomic E-state index is -1.05. The Morgan fingerprint density at radius 2 is 0.663 bits per heavy atom. The second kappa shape index (κ2) is 31.4. The molecular formula is C80H59ClN8O12. The maximum absolute atomic E-state index is 12.3. The molecule has 0 radical (unpaired) electrons. The van der Waals surface area contributed by atoms with E-state index in [2.05, 4.69) is 42.1 Å². The summed E-state index contributed by atoms with van der Waals surface area (Å²) in [4.78, 5) is 73.6. The normalized spacial score (nSPS) is 11.9. The first-order valence-corrected chi connectivity index (χ1v) is 31.4. The molecule has 14 rings (SSSR count). The van der Waals surface area contributed by atoms with E-state index < -0.39 is 29.5 Å². The fraction of sp³-hybridized carbons (Fsp3) is 0.0250. The quantitative estimate of drug-likeness (QED) is 0.0310. The average molecular weight is 1360 g/mol. The second-order valence-electron chi connectivity index (χ2n) is 22.8. The first-order chi connectivity index (χ1) is 48.9. The molecule has 0 bridgehead atoms. The Balaban J connectivity index is 0.000000136. The van der Waals surface area contributed by atoms with Crippen molar-refractivity contribution in [3.8, 4) is 34.5 Å². The van der Waals surface area contributed by atoms with Gasteiger partial charge in [0.1, 0.15) is 40.4 Å². The topological polar surface area (TPSA) is 321 Å². The minimum Gasteiger partial charge on any atom is -0.507 e. The van der Waals surface area contributed by atoms with Crippen molar-refractivity contribution in [1.29, 1.82) is 0 Å². The number of aromatic hydroxyl groups is 6. The molecule has 0 saturated heterocycles. The summed E-state index contributed by atoms with van der Waals surface area (Å²) < 4.78 is 0. The van der Waals surface area contributed by atoms with Gasteiger partial charge in [-0.05, 0) is 151 Å². The van der Waals surface area contributed by atoms with Crippen LogP contribution >= 0.6 is 11.6 Å². The van der Waals surface area contributed by atoms with Crippen LogP contribution in [0, 0.1) is 12.8 Å². The first-order valence-electron chi connectivity index (χ1n) is 31.0. The number of carbonyl (C=O) groups excluding carboxylic acids is 6. The van der Waals surface area contributed by atoms with Gasteiger partial charge in [0.2, 0.25) is 0 Å². The lowest BCUT2D eigenvalue weighted by Crippen LogP contribution is -2.22. The molecule has 0 unspecified atom stereocenters. The number of hydrogen-bond acceptors (Lipinski definition) is 16. The highest BCUT2D eigenvalue weighted by atomic mass is 35.5. The van der Waals surface area contributed by atoms with Gasteiger partial charge in [0.15, 0.2) is 11.6 Å². The van der Waals surface area contributed by atoms with Gasteiger partial charge < -0.3 is 30.6 Å². The molecule has 1 aliphatic rings. The zero-order valence-corrected chi connectivity index (χ0v) is 54.1. The number of fused-ring (bicyclic) bond motifs is 6. The number of hydrogen-bond donors (Lipinski definition) is 10. The zero-order valence-electron chi connectivity index (χ0n) is 53.4. The molecule has 101 heavy (non-hydrogen) atoms. The summed E-state index contributed by atoms with van der Waals surface area (Å²) in [5.74, 6) is -4.22. The highest BCUT2D eigenvalue weighted by molar-refractivity contribution is 6.33. The fourth-order valence-corrected chi connectivity index (χ4v) is 11.0. The third kappa shape index (κ3) is 16.5. The van der Waals surface area contributed by atoms with Gasteiger partial charge in [-0.15, -0.1) is 0 Å². The van der Waals surface area contributed by atoms with Crippen LogP contribution in [0.15, 0.2) is 269 Å². The number of nitrogens with zero attached hydrogens (tertiary/aromatic N) is 4. The molecule has 21 heteroatoms. The maximum Gasteiger partial charge on any atom is 0.275 e. The molecule has 20 nitrogen and oxygen atoms in total. The zero-order chi connectivity index (χ0) is 71.1. The predicted octanol–water partition coefficient (Wildman–Crippen LogP) is 14.4. The summed E-state index contributed by atoms with van der Waals surface area (Å²) in [6.45, 7) is 1.78. The van der Waals surface area contributed by atoms with Crippen LogP contribution in [0.5, 0.6) is 34.5 Å². The number of phenolic OH excluding ortho intramolecular Hbond substituents is 6. The molecule has 0 aliphatic heterocycles. The van der Waals surface area contributed by atoms with Crippen molar-refractivity contribution in [1.82, 2.24) is 21.7 Å². The van der Waals surface area contributed by atoms with Gasteiger partial charge in [0.25, 0.3) is 23.6 Å². The van der Waals surface area contributed by atoms with E-state index in [4.69, 9.17) is 11.6 Å². The summed E-state index contributed by atoms with van der Waals surface area (Å²) in [6, 6.07) is 72.2. The van der Waals surface area contributed by atoms with Crippen molar-refractivity contribution >= 4 is 126 Å². The molecule has 1 aliphatic carbocycles. The number of aryl methyl sites for hydroxylation is 1. The Morgan fingerprint density at radius 1 is 0.347 bits per heavy atom. The molecule has 0 heterocycles. The maximum atomic E-state index is 12.3. The number of para-hydroxylation sites is 1. The van der Waals surface area contributed by atoms with Crippen molar-refractivity contribution in [3.05, 3.63) is 309 Å². The SMILES string of the molecule is Cc1cccc(/C=N/NC(=O)c2cc3ccccc3cc2O)c1O.O=C(N/N=C/C1C(=O)c2ccccc2C1=O)c1cc2ccccc2cc1O.O=C(N/N=C/c1cc2ccccc2cc1O)c1cc2ccccc2cc1O.O=C(N/N=C/c1cccc(Cl)c1)c1cc2ccccc2cc1O. The Hall–Kier alpha value is -13.9. The van der Waals surface area contributed by atoms with Crippen molar-refractivity contribution < 1.29 is 59.4 Å². The van der Waals surface area contributed by atoms with E-state index in [1.807, 2.05) is 127 Å². The molecule has 13 aromatic carbocycles. The number of carbonyl (C=O) groups is 6. The summed E-state index contributed by atoms with van der Waals surface area (Å²) >= 11 is 5.88. The molecule has 0 saturated carbocycles. The van der Waals surface area contributed by atoms with Crippen molar-refractivity contribution in [2.24, 2.45) is 26.3 Å². The smallest absolute Gasteiger partial charge is 0.275 e. The predicted molar refractivity (Wildman–Crippen MR) is 392 cm³/mol. The van der Waals surface area contributed by atoms with Gasteiger partial charge in [-0.2, -0.15) is 20.4 Å². The van der Waals surface area contributed by atoms with Crippen LogP contribution < -0.4 is 21.7 Å². The Bertz CT molecular complexity index is 5510. The number of halogens is 1. The molecule has 4 amide bonds.